The molecule has 2 aromatic rings. The number of nitrogens with one attached hydrogen (secondary N) is 2. The number of nitrogens with zero attached hydrogens (tertiary/aromatic N) is 1. The van der Waals surface area contributed by atoms with Gasteiger partial charge in [0.25, 0.3) is 0 Å². The first-order valence-corrected chi connectivity index (χ1v) is 7.44. The molecule has 0 aliphatic heterocycles. The van der Waals surface area contributed by atoms with Gasteiger partial charge in [-0.1, -0.05) is 24.1 Å². The van der Waals surface area contributed by atoms with E-state index in [1.54, 1.807) is 38.2 Å². The van der Waals surface area contributed by atoms with Gasteiger partial charge in [-0.3, -0.25) is 4.79 Å². The van der Waals surface area contributed by atoms with Gasteiger partial charge in [0.15, 0.2) is 0 Å². The summed E-state index contributed by atoms with van der Waals surface area (Å²) in [7, 11) is 1.57. The quantitative estimate of drug-likeness (QED) is 0.839. The standard InChI is InChI=1S/C18H16F3N3O/c1-12(22-2)17(25)24-16-11-14(18(19,20)21)10-15(23-16)9-8-13-6-4-3-5-7-13/h3-7,10-12,22H,1-2H3,(H,23,24,25). The highest BCUT2D eigenvalue weighted by molar-refractivity contribution is 5.93. The summed E-state index contributed by atoms with van der Waals surface area (Å²) in [6.07, 6.45) is -4.57. The Morgan fingerprint density at radius 1 is 1.16 bits per heavy atom. The van der Waals surface area contributed by atoms with E-state index in [4.69, 9.17) is 0 Å². The number of aromatic nitrogens is 1. The number of amides is 1. The van der Waals surface area contributed by atoms with Gasteiger partial charge in [-0.15, -0.1) is 0 Å². The summed E-state index contributed by atoms with van der Waals surface area (Å²) in [5, 5.41) is 5.06. The van der Waals surface area contributed by atoms with E-state index in [2.05, 4.69) is 27.5 Å². The fourth-order valence-corrected chi connectivity index (χ4v) is 1.85. The third kappa shape index (κ3) is 5.33. The molecule has 1 heterocycles. The molecule has 4 nitrogen and oxygen atoms in total. The van der Waals surface area contributed by atoms with Crippen molar-refractivity contribution < 1.29 is 18.0 Å². The zero-order chi connectivity index (χ0) is 18.4. The van der Waals surface area contributed by atoms with Crippen LogP contribution in [0.4, 0.5) is 19.0 Å². The smallest absolute Gasteiger partial charge is 0.309 e. The number of pyridine rings is 1. The summed E-state index contributed by atoms with van der Waals surface area (Å²) in [5.41, 5.74) is -0.352. The molecule has 130 valence electrons. The van der Waals surface area contributed by atoms with Crippen LogP contribution in [0.3, 0.4) is 0 Å². The number of likely N-dealkylation sites (N-methyl/N-ethyl adjacent to an activating group) is 1. The van der Waals surface area contributed by atoms with E-state index in [-0.39, 0.29) is 11.5 Å². The van der Waals surface area contributed by atoms with E-state index in [9.17, 15) is 18.0 Å². The van der Waals surface area contributed by atoms with E-state index in [1.165, 1.54) is 0 Å². The number of carbonyl (C=O) groups is 1. The molecule has 0 aliphatic carbocycles. The Balaban J connectivity index is 2.38. The Bertz CT molecular complexity index is 808. The average molecular weight is 347 g/mol. The Kier molecular flexibility index (Phi) is 5.78. The summed E-state index contributed by atoms with van der Waals surface area (Å²) >= 11 is 0. The highest BCUT2D eigenvalue weighted by atomic mass is 19.4. The first-order chi connectivity index (χ1) is 11.8. The number of hydrogen-bond acceptors (Lipinski definition) is 3. The maximum absolute atomic E-state index is 13.1. The van der Waals surface area contributed by atoms with E-state index in [0.29, 0.717) is 5.56 Å². The van der Waals surface area contributed by atoms with E-state index in [1.807, 2.05) is 6.07 Å². The predicted molar refractivity (Wildman–Crippen MR) is 88.8 cm³/mol. The van der Waals surface area contributed by atoms with Crippen molar-refractivity contribution in [2.24, 2.45) is 0 Å². The minimum atomic E-state index is -4.57. The van der Waals surface area contributed by atoms with Crippen LogP contribution >= 0.6 is 0 Å². The van der Waals surface area contributed by atoms with Crippen molar-refractivity contribution >= 4 is 11.7 Å². The van der Waals surface area contributed by atoms with Gasteiger partial charge in [-0.2, -0.15) is 13.2 Å². The average Bonchev–Trinajstić information content (AvgIpc) is 2.59. The lowest BCUT2D eigenvalue weighted by Crippen LogP contribution is -2.35. The van der Waals surface area contributed by atoms with Gasteiger partial charge < -0.3 is 10.6 Å². The van der Waals surface area contributed by atoms with E-state index >= 15 is 0 Å². The number of alkyl halides is 3. The molecule has 1 amide bonds. The molecule has 1 aromatic carbocycles. The molecule has 0 radical (unpaired) electrons. The van der Waals surface area contributed by atoms with Crippen LogP contribution in [-0.4, -0.2) is 24.0 Å². The summed E-state index contributed by atoms with van der Waals surface area (Å²) < 4.78 is 39.2. The largest absolute Gasteiger partial charge is 0.416 e. The van der Waals surface area contributed by atoms with Crippen LogP contribution in [-0.2, 0) is 11.0 Å². The van der Waals surface area contributed by atoms with Crippen molar-refractivity contribution in [3.05, 3.63) is 59.3 Å². The number of halogens is 3. The van der Waals surface area contributed by atoms with E-state index < -0.39 is 23.7 Å². The second kappa shape index (κ2) is 7.81. The van der Waals surface area contributed by atoms with Crippen molar-refractivity contribution in [1.29, 1.82) is 0 Å². The van der Waals surface area contributed by atoms with Gasteiger partial charge >= 0.3 is 6.18 Å². The van der Waals surface area contributed by atoms with Gasteiger partial charge in [0.1, 0.15) is 11.5 Å². The lowest BCUT2D eigenvalue weighted by Gasteiger charge is -2.13. The lowest BCUT2D eigenvalue weighted by atomic mass is 10.2. The number of carbonyl (C=O) groups excluding carboxylic acids is 1. The number of hydrogen-bond donors (Lipinski definition) is 2. The Hall–Kier alpha value is -2.85. The number of benzene rings is 1. The van der Waals surface area contributed by atoms with Crippen molar-refractivity contribution in [1.82, 2.24) is 10.3 Å². The molecule has 0 fully saturated rings. The monoisotopic (exact) mass is 347 g/mol. The van der Waals surface area contributed by atoms with Crippen LogP contribution in [0.5, 0.6) is 0 Å². The van der Waals surface area contributed by atoms with Crippen LogP contribution in [0.1, 0.15) is 23.7 Å². The van der Waals surface area contributed by atoms with Gasteiger partial charge in [0.2, 0.25) is 5.91 Å². The van der Waals surface area contributed by atoms with Gasteiger partial charge in [-0.05, 0) is 44.2 Å². The molecule has 0 saturated carbocycles. The number of rotatable bonds is 3. The minimum Gasteiger partial charge on any atom is -0.309 e. The molecule has 25 heavy (non-hydrogen) atoms. The molecule has 0 saturated heterocycles. The van der Waals surface area contributed by atoms with Crippen LogP contribution in [0.2, 0.25) is 0 Å². The maximum atomic E-state index is 13.1. The van der Waals surface area contributed by atoms with Crippen LogP contribution in [0.25, 0.3) is 0 Å². The van der Waals surface area contributed by atoms with Crippen molar-refractivity contribution in [2.45, 2.75) is 19.1 Å². The number of anilines is 1. The Labute approximate surface area is 143 Å². The second-order valence-electron chi connectivity index (χ2n) is 5.24. The molecule has 2 rings (SSSR count). The van der Waals surface area contributed by atoms with Crippen LogP contribution in [0, 0.1) is 11.8 Å². The normalized spacial score (nSPS) is 12.0. The van der Waals surface area contributed by atoms with Crippen molar-refractivity contribution in [2.75, 3.05) is 12.4 Å². The minimum absolute atomic E-state index is 0.0777. The van der Waals surface area contributed by atoms with Crippen LogP contribution in [0.15, 0.2) is 42.5 Å². The van der Waals surface area contributed by atoms with Gasteiger partial charge in [0.05, 0.1) is 11.6 Å². The molecule has 0 bridgehead atoms. The topological polar surface area (TPSA) is 54.0 Å². The molecule has 1 unspecified atom stereocenters. The van der Waals surface area contributed by atoms with Gasteiger partial charge in [0, 0.05) is 5.56 Å². The van der Waals surface area contributed by atoms with Crippen molar-refractivity contribution in [3.8, 4) is 11.8 Å². The Morgan fingerprint density at radius 2 is 1.84 bits per heavy atom. The SMILES string of the molecule is CNC(C)C(=O)Nc1cc(C(F)(F)F)cc(C#Cc2ccccc2)n1. The molecule has 7 heteroatoms. The van der Waals surface area contributed by atoms with Crippen LogP contribution < -0.4 is 10.6 Å². The third-order valence-corrected chi connectivity index (χ3v) is 3.34. The Morgan fingerprint density at radius 3 is 2.44 bits per heavy atom. The summed E-state index contributed by atoms with van der Waals surface area (Å²) in [4.78, 5) is 15.8. The molecule has 0 aliphatic rings. The van der Waals surface area contributed by atoms with Gasteiger partial charge in [-0.25, -0.2) is 4.98 Å². The highest BCUT2D eigenvalue weighted by Crippen LogP contribution is 2.30. The first kappa shape index (κ1) is 18.5. The third-order valence-electron chi connectivity index (χ3n) is 3.34. The second-order valence-corrected chi connectivity index (χ2v) is 5.24. The molecule has 2 N–H and O–H groups in total. The fourth-order valence-electron chi connectivity index (χ4n) is 1.85. The summed E-state index contributed by atoms with van der Waals surface area (Å²) in [6.45, 7) is 1.58. The van der Waals surface area contributed by atoms with Crippen molar-refractivity contribution in [3.63, 3.8) is 0 Å². The lowest BCUT2D eigenvalue weighted by molar-refractivity contribution is -0.137. The molecule has 1 atom stereocenters. The zero-order valence-corrected chi connectivity index (χ0v) is 13.6. The maximum Gasteiger partial charge on any atom is 0.416 e. The summed E-state index contributed by atoms with van der Waals surface area (Å²) in [5.74, 6) is 4.67. The first-order valence-electron chi connectivity index (χ1n) is 7.44. The molecule has 1 aromatic heterocycles. The zero-order valence-electron chi connectivity index (χ0n) is 13.6. The summed E-state index contributed by atoms with van der Waals surface area (Å²) in [6, 6.07) is 9.89. The highest BCUT2D eigenvalue weighted by Gasteiger charge is 2.31. The fraction of sp³-hybridized carbons (Fsp3) is 0.222. The predicted octanol–water partition coefficient (Wildman–Crippen LogP) is 3.05. The molecule has 0 spiro atoms. The molecular formula is C18H16F3N3O. The van der Waals surface area contributed by atoms with E-state index in [0.717, 1.165) is 12.1 Å². The molecular weight excluding hydrogens is 331 g/mol.